The quantitative estimate of drug-likeness (QED) is 0.677. The average Bonchev–Trinajstić information content (AvgIpc) is 2.40. The van der Waals surface area contributed by atoms with Crippen molar-refractivity contribution in [3.05, 3.63) is 29.6 Å². The molecular formula is C10H14N2. The molecule has 0 bridgehead atoms. The molecule has 2 unspecified atom stereocenters. The Morgan fingerprint density at radius 3 is 3.17 bits per heavy atom. The number of aromatic nitrogens is 1. The largest absolute Gasteiger partial charge is 0.311 e. The Morgan fingerprint density at radius 1 is 1.58 bits per heavy atom. The van der Waals surface area contributed by atoms with Gasteiger partial charge < -0.3 is 5.32 Å². The zero-order valence-corrected chi connectivity index (χ0v) is 7.54. The molecule has 1 aliphatic carbocycles. The molecule has 0 amide bonds. The van der Waals surface area contributed by atoms with Crippen LogP contribution >= 0.6 is 0 Å². The molecule has 0 fully saturated rings. The Labute approximate surface area is 73.0 Å². The van der Waals surface area contributed by atoms with E-state index in [0.717, 1.165) is 6.42 Å². The topological polar surface area (TPSA) is 24.9 Å². The van der Waals surface area contributed by atoms with Crippen LogP contribution in [-0.4, -0.2) is 12.0 Å². The van der Waals surface area contributed by atoms with Gasteiger partial charge in [0.25, 0.3) is 0 Å². The van der Waals surface area contributed by atoms with Crippen LogP contribution in [0.1, 0.15) is 24.2 Å². The number of pyridine rings is 1. The number of hydrogen-bond acceptors (Lipinski definition) is 2. The van der Waals surface area contributed by atoms with Crippen LogP contribution in [0.15, 0.2) is 18.3 Å². The van der Waals surface area contributed by atoms with Gasteiger partial charge in [-0.25, -0.2) is 0 Å². The first-order valence-corrected chi connectivity index (χ1v) is 4.44. The van der Waals surface area contributed by atoms with Crippen LogP contribution in [0.25, 0.3) is 0 Å². The lowest BCUT2D eigenvalue weighted by Gasteiger charge is -2.13. The minimum atomic E-state index is 0.459. The van der Waals surface area contributed by atoms with E-state index in [4.69, 9.17) is 0 Å². The number of rotatable bonds is 1. The zero-order chi connectivity index (χ0) is 8.55. The SMILES string of the molecule is CNC1c2ncccc2CC1C. The molecule has 0 aromatic carbocycles. The third kappa shape index (κ3) is 1.03. The summed E-state index contributed by atoms with van der Waals surface area (Å²) in [6.07, 6.45) is 3.04. The van der Waals surface area contributed by atoms with E-state index in [0.29, 0.717) is 12.0 Å². The molecule has 0 radical (unpaired) electrons. The summed E-state index contributed by atoms with van der Waals surface area (Å²) < 4.78 is 0. The molecule has 0 spiro atoms. The lowest BCUT2D eigenvalue weighted by molar-refractivity contribution is 0.440. The Balaban J connectivity index is 2.40. The predicted molar refractivity (Wildman–Crippen MR) is 48.9 cm³/mol. The van der Waals surface area contributed by atoms with Crippen LogP contribution in [-0.2, 0) is 6.42 Å². The molecular weight excluding hydrogens is 148 g/mol. The molecule has 0 saturated carbocycles. The fourth-order valence-corrected chi connectivity index (χ4v) is 2.06. The van der Waals surface area contributed by atoms with Crippen LogP contribution in [0, 0.1) is 5.92 Å². The molecule has 12 heavy (non-hydrogen) atoms. The summed E-state index contributed by atoms with van der Waals surface area (Å²) in [6, 6.07) is 4.65. The maximum atomic E-state index is 4.40. The van der Waals surface area contributed by atoms with Gasteiger partial charge in [0.15, 0.2) is 0 Å². The van der Waals surface area contributed by atoms with Crippen molar-refractivity contribution in [1.29, 1.82) is 0 Å². The van der Waals surface area contributed by atoms with E-state index in [1.165, 1.54) is 11.3 Å². The highest BCUT2D eigenvalue weighted by molar-refractivity contribution is 5.29. The Morgan fingerprint density at radius 2 is 2.42 bits per heavy atom. The molecule has 2 heteroatoms. The standard InChI is InChI=1S/C10H14N2/c1-7-6-8-4-3-5-12-10(8)9(7)11-2/h3-5,7,9,11H,6H2,1-2H3. The molecule has 1 aliphatic rings. The second-order valence-corrected chi connectivity index (χ2v) is 3.50. The molecule has 1 heterocycles. The van der Waals surface area contributed by atoms with Crippen molar-refractivity contribution in [2.45, 2.75) is 19.4 Å². The van der Waals surface area contributed by atoms with E-state index in [1.807, 2.05) is 19.3 Å². The van der Waals surface area contributed by atoms with Crippen molar-refractivity contribution in [3.8, 4) is 0 Å². The van der Waals surface area contributed by atoms with Gasteiger partial charge in [-0.15, -0.1) is 0 Å². The summed E-state index contributed by atoms with van der Waals surface area (Å²) in [6.45, 7) is 2.27. The molecule has 0 aliphatic heterocycles. The van der Waals surface area contributed by atoms with E-state index in [1.54, 1.807) is 0 Å². The third-order valence-electron chi connectivity index (χ3n) is 2.64. The monoisotopic (exact) mass is 162 g/mol. The molecule has 1 N–H and O–H groups in total. The Bertz CT molecular complexity index is 283. The first-order chi connectivity index (χ1) is 5.83. The van der Waals surface area contributed by atoms with E-state index in [-0.39, 0.29) is 0 Å². The average molecular weight is 162 g/mol. The van der Waals surface area contributed by atoms with Crippen LogP contribution in [0.3, 0.4) is 0 Å². The van der Waals surface area contributed by atoms with Gasteiger partial charge in [0, 0.05) is 6.20 Å². The van der Waals surface area contributed by atoms with Gasteiger partial charge in [-0.2, -0.15) is 0 Å². The van der Waals surface area contributed by atoms with Crippen LogP contribution in [0.2, 0.25) is 0 Å². The van der Waals surface area contributed by atoms with Crippen molar-refractivity contribution >= 4 is 0 Å². The third-order valence-corrected chi connectivity index (χ3v) is 2.64. The van der Waals surface area contributed by atoms with Crippen LogP contribution in [0.4, 0.5) is 0 Å². The molecule has 2 nitrogen and oxygen atoms in total. The van der Waals surface area contributed by atoms with Crippen molar-refractivity contribution in [1.82, 2.24) is 10.3 Å². The van der Waals surface area contributed by atoms with Crippen LogP contribution < -0.4 is 5.32 Å². The van der Waals surface area contributed by atoms with Crippen molar-refractivity contribution in [2.24, 2.45) is 5.92 Å². The molecule has 2 rings (SSSR count). The maximum absolute atomic E-state index is 4.40. The summed E-state index contributed by atoms with van der Waals surface area (Å²) in [7, 11) is 2.00. The van der Waals surface area contributed by atoms with Gasteiger partial charge in [0.05, 0.1) is 11.7 Å². The molecule has 2 atom stereocenters. The second-order valence-electron chi connectivity index (χ2n) is 3.50. The molecule has 1 aromatic heterocycles. The van der Waals surface area contributed by atoms with Gasteiger partial charge in [0.2, 0.25) is 0 Å². The molecule has 64 valence electrons. The lowest BCUT2D eigenvalue weighted by Crippen LogP contribution is -2.20. The highest BCUT2D eigenvalue weighted by Crippen LogP contribution is 2.33. The summed E-state index contributed by atoms with van der Waals surface area (Å²) >= 11 is 0. The van der Waals surface area contributed by atoms with Gasteiger partial charge in [-0.3, -0.25) is 4.98 Å². The number of fused-ring (bicyclic) bond motifs is 1. The molecule has 0 saturated heterocycles. The summed E-state index contributed by atoms with van der Waals surface area (Å²) in [4.78, 5) is 4.40. The number of nitrogens with zero attached hydrogens (tertiary/aromatic N) is 1. The smallest absolute Gasteiger partial charge is 0.0607 e. The minimum Gasteiger partial charge on any atom is -0.311 e. The fraction of sp³-hybridized carbons (Fsp3) is 0.500. The highest BCUT2D eigenvalue weighted by atomic mass is 14.9. The first-order valence-electron chi connectivity index (χ1n) is 4.44. The number of nitrogens with one attached hydrogen (secondary N) is 1. The lowest BCUT2D eigenvalue weighted by atomic mass is 10.1. The van der Waals surface area contributed by atoms with E-state index < -0.39 is 0 Å². The second kappa shape index (κ2) is 2.87. The van der Waals surface area contributed by atoms with Gasteiger partial charge in [0.1, 0.15) is 0 Å². The van der Waals surface area contributed by atoms with E-state index in [9.17, 15) is 0 Å². The zero-order valence-electron chi connectivity index (χ0n) is 7.54. The van der Waals surface area contributed by atoms with Crippen molar-refractivity contribution < 1.29 is 0 Å². The Hall–Kier alpha value is -0.890. The fourth-order valence-electron chi connectivity index (χ4n) is 2.06. The first kappa shape index (κ1) is 7.74. The summed E-state index contributed by atoms with van der Waals surface area (Å²) in [5.41, 5.74) is 2.65. The van der Waals surface area contributed by atoms with E-state index in [2.05, 4.69) is 23.3 Å². The van der Waals surface area contributed by atoms with Crippen molar-refractivity contribution in [3.63, 3.8) is 0 Å². The summed E-state index contributed by atoms with van der Waals surface area (Å²) in [5, 5.41) is 3.31. The predicted octanol–water partition coefficient (Wildman–Crippen LogP) is 1.53. The maximum Gasteiger partial charge on any atom is 0.0607 e. The summed E-state index contributed by atoms with van der Waals surface area (Å²) in [5.74, 6) is 0.680. The van der Waals surface area contributed by atoms with Crippen molar-refractivity contribution in [2.75, 3.05) is 7.05 Å². The normalized spacial score (nSPS) is 27.2. The van der Waals surface area contributed by atoms with Gasteiger partial charge in [-0.1, -0.05) is 13.0 Å². The molecule has 1 aromatic rings. The van der Waals surface area contributed by atoms with Gasteiger partial charge >= 0.3 is 0 Å². The number of hydrogen-bond donors (Lipinski definition) is 1. The van der Waals surface area contributed by atoms with Gasteiger partial charge in [-0.05, 0) is 31.0 Å². The van der Waals surface area contributed by atoms with E-state index >= 15 is 0 Å². The van der Waals surface area contributed by atoms with Crippen LogP contribution in [0.5, 0.6) is 0 Å². The highest BCUT2D eigenvalue weighted by Gasteiger charge is 2.28. The minimum absolute atomic E-state index is 0.459. The Kier molecular flexibility index (Phi) is 1.85.